The fourth-order valence-corrected chi connectivity index (χ4v) is 2.37. The maximum Gasteiger partial charge on any atom is 0.123 e. The van der Waals surface area contributed by atoms with Crippen LogP contribution < -0.4 is 5.73 Å². The highest BCUT2D eigenvalue weighted by Gasteiger charge is 2.10. The molecule has 0 bridgehead atoms. The van der Waals surface area contributed by atoms with Gasteiger partial charge in [-0.1, -0.05) is 35.9 Å². The zero-order valence-electron chi connectivity index (χ0n) is 10.9. The molecule has 0 radical (unpaired) electrons. The molecule has 0 saturated heterocycles. The van der Waals surface area contributed by atoms with Crippen molar-refractivity contribution in [2.75, 3.05) is 0 Å². The molecule has 2 aromatic rings. The lowest BCUT2D eigenvalue weighted by Crippen LogP contribution is -2.26. The molecule has 1 unspecified atom stereocenters. The van der Waals surface area contributed by atoms with Gasteiger partial charge in [-0.25, -0.2) is 4.39 Å². The van der Waals surface area contributed by atoms with Crippen molar-refractivity contribution in [1.29, 1.82) is 0 Å². The van der Waals surface area contributed by atoms with Crippen molar-refractivity contribution in [2.24, 2.45) is 5.73 Å². The predicted molar refractivity (Wildman–Crippen MR) is 78.0 cm³/mol. The number of aryl methyl sites for hydroxylation is 1. The van der Waals surface area contributed by atoms with Gasteiger partial charge in [0.1, 0.15) is 5.82 Å². The van der Waals surface area contributed by atoms with Crippen molar-refractivity contribution in [3.63, 3.8) is 0 Å². The molecular weight excluding hydrogens is 261 g/mol. The number of nitrogens with two attached hydrogens (primary N) is 1. The zero-order valence-corrected chi connectivity index (χ0v) is 11.6. The van der Waals surface area contributed by atoms with Gasteiger partial charge in [0, 0.05) is 11.1 Å². The molecule has 0 spiro atoms. The van der Waals surface area contributed by atoms with Crippen LogP contribution in [-0.2, 0) is 12.8 Å². The summed E-state index contributed by atoms with van der Waals surface area (Å²) >= 11 is 6.11. The summed E-state index contributed by atoms with van der Waals surface area (Å²) in [5.41, 5.74) is 9.20. The normalized spacial score (nSPS) is 12.4. The second kappa shape index (κ2) is 6.18. The Balaban J connectivity index is 2.07. The lowest BCUT2D eigenvalue weighted by Gasteiger charge is -2.14. The molecule has 0 aliphatic carbocycles. The molecule has 0 aromatic heterocycles. The van der Waals surface area contributed by atoms with Crippen molar-refractivity contribution in [1.82, 2.24) is 0 Å². The van der Waals surface area contributed by atoms with E-state index in [1.165, 1.54) is 6.07 Å². The van der Waals surface area contributed by atoms with Crippen molar-refractivity contribution in [3.05, 3.63) is 70.0 Å². The minimum absolute atomic E-state index is 0.0691. The molecule has 1 atom stereocenters. The zero-order chi connectivity index (χ0) is 13.8. The summed E-state index contributed by atoms with van der Waals surface area (Å²) in [6, 6.07) is 12.4. The third-order valence-electron chi connectivity index (χ3n) is 3.23. The van der Waals surface area contributed by atoms with Crippen LogP contribution in [0.4, 0.5) is 4.39 Å². The summed E-state index contributed by atoms with van der Waals surface area (Å²) in [5.74, 6) is -0.217. The molecule has 2 aromatic carbocycles. The SMILES string of the molecule is Cc1ccc(F)cc1CC(N)Cc1ccccc1Cl. The fraction of sp³-hybridized carbons (Fsp3) is 0.250. The van der Waals surface area contributed by atoms with Crippen molar-refractivity contribution < 1.29 is 4.39 Å². The minimum Gasteiger partial charge on any atom is -0.327 e. The average molecular weight is 278 g/mol. The maximum absolute atomic E-state index is 13.2. The third-order valence-corrected chi connectivity index (χ3v) is 3.60. The first-order chi connectivity index (χ1) is 9.06. The van der Waals surface area contributed by atoms with Crippen LogP contribution >= 0.6 is 11.6 Å². The van der Waals surface area contributed by atoms with Gasteiger partial charge in [-0.15, -0.1) is 0 Å². The standard InChI is InChI=1S/C16H17ClFN/c1-11-6-7-14(18)8-13(11)10-15(19)9-12-4-2-3-5-16(12)17/h2-8,15H,9-10,19H2,1H3. The van der Waals surface area contributed by atoms with Crippen LogP contribution in [0.15, 0.2) is 42.5 Å². The molecule has 0 saturated carbocycles. The highest BCUT2D eigenvalue weighted by atomic mass is 35.5. The van der Waals surface area contributed by atoms with E-state index in [2.05, 4.69) is 0 Å². The van der Waals surface area contributed by atoms with E-state index in [9.17, 15) is 4.39 Å². The van der Waals surface area contributed by atoms with Gasteiger partial charge in [-0.3, -0.25) is 0 Å². The summed E-state index contributed by atoms with van der Waals surface area (Å²) < 4.78 is 13.2. The summed E-state index contributed by atoms with van der Waals surface area (Å²) in [4.78, 5) is 0. The Hall–Kier alpha value is -1.38. The topological polar surface area (TPSA) is 26.0 Å². The monoisotopic (exact) mass is 277 g/mol. The molecule has 19 heavy (non-hydrogen) atoms. The van der Waals surface area contributed by atoms with E-state index in [4.69, 9.17) is 17.3 Å². The summed E-state index contributed by atoms with van der Waals surface area (Å²) in [6.07, 6.45) is 1.34. The molecule has 100 valence electrons. The van der Waals surface area contributed by atoms with Crippen LogP contribution in [-0.4, -0.2) is 6.04 Å². The van der Waals surface area contributed by atoms with E-state index in [0.717, 1.165) is 21.7 Å². The number of halogens is 2. The minimum atomic E-state index is -0.217. The van der Waals surface area contributed by atoms with Crippen LogP contribution in [0.25, 0.3) is 0 Å². The van der Waals surface area contributed by atoms with Crippen LogP contribution in [0.5, 0.6) is 0 Å². The number of rotatable bonds is 4. The maximum atomic E-state index is 13.2. The number of benzene rings is 2. The largest absolute Gasteiger partial charge is 0.327 e. The lowest BCUT2D eigenvalue weighted by molar-refractivity contribution is 0.616. The van der Waals surface area contributed by atoms with Gasteiger partial charge in [0.2, 0.25) is 0 Å². The Morgan fingerprint density at radius 1 is 1.11 bits per heavy atom. The molecule has 0 aliphatic rings. The Morgan fingerprint density at radius 3 is 2.53 bits per heavy atom. The van der Waals surface area contributed by atoms with Crippen LogP contribution in [0.2, 0.25) is 5.02 Å². The molecule has 2 N–H and O–H groups in total. The summed E-state index contributed by atoms with van der Waals surface area (Å²) in [5, 5.41) is 0.730. The smallest absolute Gasteiger partial charge is 0.123 e. The van der Waals surface area contributed by atoms with Gasteiger partial charge in [0.15, 0.2) is 0 Å². The van der Waals surface area contributed by atoms with Crippen LogP contribution in [0.3, 0.4) is 0 Å². The van der Waals surface area contributed by atoms with E-state index in [1.54, 1.807) is 12.1 Å². The van der Waals surface area contributed by atoms with Gasteiger partial charge in [-0.05, 0) is 54.7 Å². The van der Waals surface area contributed by atoms with E-state index in [-0.39, 0.29) is 11.9 Å². The first kappa shape index (κ1) is 14.0. The fourth-order valence-electron chi connectivity index (χ4n) is 2.16. The van der Waals surface area contributed by atoms with Gasteiger partial charge in [0.05, 0.1) is 0 Å². The molecule has 3 heteroatoms. The van der Waals surface area contributed by atoms with Crippen LogP contribution in [0, 0.1) is 12.7 Å². The second-order valence-corrected chi connectivity index (χ2v) is 5.24. The molecule has 0 amide bonds. The first-order valence-corrected chi connectivity index (χ1v) is 6.68. The van der Waals surface area contributed by atoms with Crippen molar-refractivity contribution in [3.8, 4) is 0 Å². The van der Waals surface area contributed by atoms with Gasteiger partial charge in [0.25, 0.3) is 0 Å². The van der Waals surface area contributed by atoms with Crippen LogP contribution in [0.1, 0.15) is 16.7 Å². The average Bonchev–Trinajstić information content (AvgIpc) is 2.37. The van der Waals surface area contributed by atoms with Gasteiger partial charge >= 0.3 is 0 Å². The molecule has 1 nitrogen and oxygen atoms in total. The van der Waals surface area contributed by atoms with E-state index in [0.29, 0.717) is 12.8 Å². The Morgan fingerprint density at radius 2 is 1.79 bits per heavy atom. The van der Waals surface area contributed by atoms with E-state index < -0.39 is 0 Å². The molecule has 0 fully saturated rings. The Kier molecular flexibility index (Phi) is 4.56. The Labute approximate surface area is 118 Å². The highest BCUT2D eigenvalue weighted by molar-refractivity contribution is 6.31. The van der Waals surface area contributed by atoms with E-state index in [1.807, 2.05) is 31.2 Å². The Bertz CT molecular complexity index is 568. The molecule has 0 heterocycles. The van der Waals surface area contributed by atoms with Gasteiger partial charge in [-0.2, -0.15) is 0 Å². The molecule has 2 rings (SSSR count). The molecule has 0 aliphatic heterocycles. The summed E-state index contributed by atoms with van der Waals surface area (Å²) in [7, 11) is 0. The predicted octanol–water partition coefficient (Wildman–Crippen LogP) is 3.90. The number of hydrogen-bond donors (Lipinski definition) is 1. The highest BCUT2D eigenvalue weighted by Crippen LogP contribution is 2.18. The quantitative estimate of drug-likeness (QED) is 0.901. The summed E-state index contributed by atoms with van der Waals surface area (Å²) in [6.45, 7) is 1.97. The third kappa shape index (κ3) is 3.79. The van der Waals surface area contributed by atoms with E-state index >= 15 is 0 Å². The first-order valence-electron chi connectivity index (χ1n) is 6.30. The lowest BCUT2D eigenvalue weighted by atomic mass is 9.97. The van der Waals surface area contributed by atoms with Crippen molar-refractivity contribution >= 4 is 11.6 Å². The van der Waals surface area contributed by atoms with Gasteiger partial charge < -0.3 is 5.73 Å². The number of hydrogen-bond acceptors (Lipinski definition) is 1. The molecular formula is C16H17ClFN. The van der Waals surface area contributed by atoms with Crippen molar-refractivity contribution in [2.45, 2.75) is 25.8 Å². The second-order valence-electron chi connectivity index (χ2n) is 4.83.